The van der Waals surface area contributed by atoms with E-state index in [4.69, 9.17) is 8.85 Å². The molecule has 0 fully saturated rings. The summed E-state index contributed by atoms with van der Waals surface area (Å²) in [5.74, 6) is 0. The molecule has 0 saturated heterocycles. The topological polar surface area (TPSA) is 38.7 Å². The Morgan fingerprint density at radius 2 is 1.67 bits per heavy atom. The van der Waals surface area contributed by atoms with Crippen LogP contribution in [0.3, 0.4) is 0 Å². The lowest BCUT2D eigenvalue weighted by atomic mass is 10.3. The van der Waals surface area contributed by atoms with Crippen LogP contribution in [0.15, 0.2) is 0 Å². The van der Waals surface area contributed by atoms with E-state index in [1.54, 1.807) is 0 Å². The molecule has 0 spiro atoms. The van der Waals surface area contributed by atoms with Crippen LogP contribution in [0, 0.1) is 0 Å². The molecule has 110 valence electrons. The summed E-state index contributed by atoms with van der Waals surface area (Å²) in [6.45, 7) is 15.1. The van der Waals surface area contributed by atoms with Crippen molar-refractivity contribution >= 4 is 25.7 Å². The van der Waals surface area contributed by atoms with Crippen LogP contribution in [0.2, 0.25) is 44.8 Å². The van der Waals surface area contributed by atoms with Gasteiger partial charge >= 0.3 is 0 Å². The SMILES string of the molecule is CCC(C)(O[Si](C)(C)C)[SiH](CC[Si](C)(C)O)OC. The van der Waals surface area contributed by atoms with Crippen LogP contribution < -0.4 is 0 Å². The highest BCUT2D eigenvalue weighted by atomic mass is 28.4. The van der Waals surface area contributed by atoms with Gasteiger partial charge in [0.1, 0.15) is 0 Å². The Morgan fingerprint density at radius 1 is 1.17 bits per heavy atom. The van der Waals surface area contributed by atoms with Crippen LogP contribution in [0.5, 0.6) is 0 Å². The van der Waals surface area contributed by atoms with Gasteiger partial charge in [0, 0.05) is 7.11 Å². The quantitative estimate of drug-likeness (QED) is 0.700. The molecule has 0 amide bonds. The third-order valence-corrected chi connectivity index (χ3v) is 9.90. The zero-order chi connectivity index (χ0) is 14.6. The number of hydrogen-bond donors (Lipinski definition) is 1. The van der Waals surface area contributed by atoms with Crippen molar-refractivity contribution in [3.63, 3.8) is 0 Å². The van der Waals surface area contributed by atoms with Gasteiger partial charge in [-0.05, 0) is 58.2 Å². The molecule has 0 bridgehead atoms. The average Bonchev–Trinajstić information content (AvgIpc) is 2.14. The second-order valence-electron chi connectivity index (χ2n) is 6.96. The van der Waals surface area contributed by atoms with Crippen molar-refractivity contribution in [2.24, 2.45) is 0 Å². The summed E-state index contributed by atoms with van der Waals surface area (Å²) in [6.07, 6.45) is 0.995. The first-order chi connectivity index (χ1) is 7.93. The summed E-state index contributed by atoms with van der Waals surface area (Å²) in [4.78, 5) is 10.0. The molecule has 0 radical (unpaired) electrons. The molecule has 0 aliphatic carbocycles. The summed E-state index contributed by atoms with van der Waals surface area (Å²) >= 11 is 0. The minimum absolute atomic E-state index is 0.0983. The van der Waals surface area contributed by atoms with Crippen LogP contribution in [-0.4, -0.2) is 42.8 Å². The molecular weight excluding hydrogens is 276 g/mol. The van der Waals surface area contributed by atoms with Gasteiger partial charge in [-0.25, -0.2) is 0 Å². The fourth-order valence-electron chi connectivity index (χ4n) is 2.22. The van der Waals surface area contributed by atoms with Gasteiger partial charge in [-0.15, -0.1) is 0 Å². The Labute approximate surface area is 117 Å². The Kier molecular flexibility index (Phi) is 7.01. The first-order valence-electron chi connectivity index (χ1n) is 6.89. The second kappa shape index (κ2) is 6.81. The molecule has 0 rings (SSSR count). The van der Waals surface area contributed by atoms with E-state index in [0.29, 0.717) is 0 Å². The predicted octanol–water partition coefficient (Wildman–Crippen LogP) is 3.11. The standard InChI is InChI=1S/C12H32O3Si3/c1-9-12(2,15-17(4,5)6)16(14-3)10-11-18(7,8)13/h13,16H,9-11H2,1-8H3. The summed E-state index contributed by atoms with van der Waals surface area (Å²) in [5.41, 5.74) is 0. The van der Waals surface area contributed by atoms with E-state index in [9.17, 15) is 4.80 Å². The lowest BCUT2D eigenvalue weighted by Crippen LogP contribution is -2.52. The Morgan fingerprint density at radius 3 is 1.94 bits per heavy atom. The van der Waals surface area contributed by atoms with Gasteiger partial charge in [-0.1, -0.05) is 6.92 Å². The van der Waals surface area contributed by atoms with Crippen LogP contribution in [0.25, 0.3) is 0 Å². The van der Waals surface area contributed by atoms with Crippen molar-refractivity contribution in [1.29, 1.82) is 0 Å². The number of hydrogen-bond acceptors (Lipinski definition) is 3. The minimum atomic E-state index is -1.98. The molecule has 0 aromatic rings. The van der Waals surface area contributed by atoms with Crippen molar-refractivity contribution in [1.82, 2.24) is 0 Å². The van der Waals surface area contributed by atoms with Crippen molar-refractivity contribution in [2.45, 2.75) is 70.3 Å². The smallest absolute Gasteiger partial charge is 0.206 e. The third-order valence-electron chi connectivity index (χ3n) is 3.23. The van der Waals surface area contributed by atoms with Crippen LogP contribution >= 0.6 is 0 Å². The summed E-state index contributed by atoms with van der Waals surface area (Å²) in [6, 6.07) is 1.93. The molecule has 1 N–H and O–H groups in total. The van der Waals surface area contributed by atoms with Gasteiger partial charge in [-0.3, -0.25) is 0 Å². The fraction of sp³-hybridized carbons (Fsp3) is 1.00. The van der Waals surface area contributed by atoms with E-state index in [0.717, 1.165) is 18.5 Å². The molecule has 2 unspecified atom stereocenters. The second-order valence-corrected chi connectivity index (χ2v) is 18.8. The minimum Gasteiger partial charge on any atom is -0.432 e. The lowest BCUT2D eigenvalue weighted by molar-refractivity contribution is 0.132. The first-order valence-corrected chi connectivity index (χ1v) is 15.3. The van der Waals surface area contributed by atoms with Gasteiger partial charge in [0.05, 0.1) is 5.22 Å². The molecule has 0 aromatic carbocycles. The van der Waals surface area contributed by atoms with Crippen molar-refractivity contribution < 1.29 is 13.6 Å². The zero-order valence-electron chi connectivity index (χ0n) is 13.5. The van der Waals surface area contributed by atoms with E-state index in [1.165, 1.54) is 0 Å². The fourth-order valence-corrected chi connectivity index (χ4v) is 11.0. The molecule has 0 aliphatic heterocycles. The van der Waals surface area contributed by atoms with Gasteiger partial charge < -0.3 is 13.6 Å². The van der Waals surface area contributed by atoms with Gasteiger partial charge in [0.15, 0.2) is 16.6 Å². The monoisotopic (exact) mass is 308 g/mol. The summed E-state index contributed by atoms with van der Waals surface area (Å²) in [7, 11) is -3.19. The Balaban J connectivity index is 4.75. The Bertz CT molecular complexity index is 248. The van der Waals surface area contributed by atoms with Crippen molar-refractivity contribution in [3.8, 4) is 0 Å². The largest absolute Gasteiger partial charge is 0.432 e. The predicted molar refractivity (Wildman–Crippen MR) is 86.6 cm³/mol. The highest BCUT2D eigenvalue weighted by Gasteiger charge is 2.40. The molecular formula is C12H32O3Si3. The van der Waals surface area contributed by atoms with E-state index in [2.05, 4.69) is 33.5 Å². The van der Waals surface area contributed by atoms with Gasteiger partial charge in [-0.2, -0.15) is 0 Å². The van der Waals surface area contributed by atoms with Crippen LogP contribution in [0.1, 0.15) is 20.3 Å². The molecule has 6 heteroatoms. The summed E-state index contributed by atoms with van der Waals surface area (Å²) < 4.78 is 12.2. The molecule has 0 aromatic heterocycles. The maximum absolute atomic E-state index is 10.0. The molecule has 2 atom stereocenters. The zero-order valence-corrected chi connectivity index (χ0v) is 16.6. The van der Waals surface area contributed by atoms with E-state index in [1.807, 2.05) is 20.2 Å². The average molecular weight is 309 g/mol. The van der Waals surface area contributed by atoms with Gasteiger partial charge in [0.2, 0.25) is 9.04 Å². The van der Waals surface area contributed by atoms with E-state index in [-0.39, 0.29) is 5.22 Å². The van der Waals surface area contributed by atoms with Crippen LogP contribution in [-0.2, 0) is 8.85 Å². The number of rotatable bonds is 8. The molecule has 3 nitrogen and oxygen atoms in total. The summed E-state index contributed by atoms with van der Waals surface area (Å²) in [5, 5.41) is -0.0983. The van der Waals surface area contributed by atoms with Gasteiger partial charge in [0.25, 0.3) is 0 Å². The van der Waals surface area contributed by atoms with Crippen LogP contribution in [0.4, 0.5) is 0 Å². The molecule has 0 aliphatic rings. The van der Waals surface area contributed by atoms with E-state index >= 15 is 0 Å². The third kappa shape index (κ3) is 7.20. The first kappa shape index (κ1) is 18.5. The van der Waals surface area contributed by atoms with E-state index < -0.39 is 25.7 Å². The highest BCUT2D eigenvalue weighted by molar-refractivity contribution is 6.73. The maximum Gasteiger partial charge on any atom is 0.206 e. The molecule has 0 saturated carbocycles. The highest BCUT2D eigenvalue weighted by Crippen LogP contribution is 2.28. The molecule has 18 heavy (non-hydrogen) atoms. The van der Waals surface area contributed by atoms with Crippen molar-refractivity contribution in [3.05, 3.63) is 0 Å². The molecule has 0 heterocycles. The lowest BCUT2D eigenvalue weighted by Gasteiger charge is -2.40. The normalized spacial score (nSPS) is 18.5. The Hall–Kier alpha value is 0.531. The van der Waals surface area contributed by atoms with Crippen molar-refractivity contribution in [2.75, 3.05) is 7.11 Å². The maximum atomic E-state index is 10.0.